The van der Waals surface area contributed by atoms with Crippen molar-refractivity contribution in [3.05, 3.63) is 90.1 Å². The van der Waals surface area contributed by atoms with Gasteiger partial charge in [0.1, 0.15) is 5.01 Å². The van der Waals surface area contributed by atoms with Gasteiger partial charge >= 0.3 is 0 Å². The number of pyridine rings is 1. The summed E-state index contributed by atoms with van der Waals surface area (Å²) in [4.78, 5) is 22.5. The van der Waals surface area contributed by atoms with Gasteiger partial charge in [0, 0.05) is 16.6 Å². The van der Waals surface area contributed by atoms with Crippen molar-refractivity contribution in [2.24, 2.45) is 0 Å². The van der Waals surface area contributed by atoms with Crippen molar-refractivity contribution in [3.8, 4) is 10.6 Å². The molecule has 1 amide bonds. The number of aromatic nitrogens is 2. The van der Waals surface area contributed by atoms with Crippen LogP contribution in [0.4, 0.5) is 5.69 Å². The van der Waals surface area contributed by atoms with E-state index in [0.29, 0.717) is 5.56 Å². The fourth-order valence-electron chi connectivity index (χ4n) is 3.45. The van der Waals surface area contributed by atoms with Crippen LogP contribution in [0.2, 0.25) is 0 Å². The van der Waals surface area contributed by atoms with Crippen LogP contribution in [0.5, 0.6) is 0 Å². The first kappa shape index (κ1) is 17.5. The summed E-state index contributed by atoms with van der Waals surface area (Å²) in [5.74, 6) is -0.153. The number of carbonyl (C=O) groups is 1. The molecule has 5 heteroatoms. The summed E-state index contributed by atoms with van der Waals surface area (Å²) in [5.41, 5.74) is 4.87. The Balaban J connectivity index is 1.56. The largest absolute Gasteiger partial charge is 0.321 e. The number of hydrogen-bond acceptors (Lipinski definition) is 4. The second kappa shape index (κ2) is 7.11. The van der Waals surface area contributed by atoms with Gasteiger partial charge in [-0.05, 0) is 43.3 Å². The number of anilines is 1. The molecule has 1 N–H and O–H groups in total. The van der Waals surface area contributed by atoms with Crippen molar-refractivity contribution in [2.45, 2.75) is 6.92 Å². The van der Waals surface area contributed by atoms with Gasteiger partial charge in [-0.15, -0.1) is 11.3 Å². The molecule has 0 saturated carbocycles. The molecule has 5 aromatic rings. The summed E-state index contributed by atoms with van der Waals surface area (Å²) in [5, 5.41) is 4.82. The van der Waals surface area contributed by atoms with E-state index in [1.54, 1.807) is 11.3 Å². The fraction of sp³-hybridized carbons (Fsp3) is 0.0417. The van der Waals surface area contributed by atoms with E-state index < -0.39 is 0 Å². The Kier molecular flexibility index (Phi) is 4.30. The van der Waals surface area contributed by atoms with Crippen molar-refractivity contribution in [3.63, 3.8) is 0 Å². The highest BCUT2D eigenvalue weighted by atomic mass is 32.1. The Hall–Kier alpha value is -3.57. The number of para-hydroxylation sites is 3. The number of rotatable bonds is 3. The maximum atomic E-state index is 13.2. The number of nitrogens with zero attached hydrogens (tertiary/aromatic N) is 2. The highest BCUT2D eigenvalue weighted by molar-refractivity contribution is 7.21. The maximum Gasteiger partial charge on any atom is 0.256 e. The van der Waals surface area contributed by atoms with Gasteiger partial charge in [-0.2, -0.15) is 0 Å². The number of thiazole rings is 1. The van der Waals surface area contributed by atoms with Gasteiger partial charge in [0.15, 0.2) is 0 Å². The van der Waals surface area contributed by atoms with Crippen molar-refractivity contribution >= 4 is 44.1 Å². The van der Waals surface area contributed by atoms with E-state index >= 15 is 0 Å². The van der Waals surface area contributed by atoms with Crippen molar-refractivity contribution in [2.75, 3.05) is 5.32 Å². The average Bonchev–Trinajstić information content (AvgIpc) is 3.17. The van der Waals surface area contributed by atoms with E-state index in [4.69, 9.17) is 4.98 Å². The Morgan fingerprint density at radius 3 is 2.45 bits per heavy atom. The van der Waals surface area contributed by atoms with Gasteiger partial charge in [0.2, 0.25) is 0 Å². The molecule has 0 aliphatic rings. The van der Waals surface area contributed by atoms with E-state index in [-0.39, 0.29) is 5.91 Å². The van der Waals surface area contributed by atoms with Crippen LogP contribution in [0, 0.1) is 6.92 Å². The molecule has 0 atom stereocenters. The summed E-state index contributed by atoms with van der Waals surface area (Å²) < 4.78 is 1.12. The van der Waals surface area contributed by atoms with Crippen LogP contribution in [-0.2, 0) is 0 Å². The molecule has 0 bridgehead atoms. The quantitative estimate of drug-likeness (QED) is 0.403. The topological polar surface area (TPSA) is 54.9 Å². The zero-order valence-corrected chi connectivity index (χ0v) is 16.5. The van der Waals surface area contributed by atoms with Crippen molar-refractivity contribution in [1.82, 2.24) is 9.97 Å². The third kappa shape index (κ3) is 3.26. The van der Waals surface area contributed by atoms with Crippen LogP contribution in [0.3, 0.4) is 0 Å². The molecule has 140 valence electrons. The van der Waals surface area contributed by atoms with E-state index in [2.05, 4.69) is 16.4 Å². The summed E-state index contributed by atoms with van der Waals surface area (Å²) >= 11 is 1.62. The van der Waals surface area contributed by atoms with Crippen LogP contribution in [-0.4, -0.2) is 15.9 Å². The molecule has 4 nitrogen and oxygen atoms in total. The first-order valence-electron chi connectivity index (χ1n) is 9.32. The van der Waals surface area contributed by atoms with Gasteiger partial charge in [0.25, 0.3) is 5.91 Å². The lowest BCUT2D eigenvalue weighted by atomic mass is 10.1. The molecule has 2 aromatic heterocycles. The molecule has 0 saturated heterocycles. The molecule has 3 aromatic carbocycles. The molecular formula is C24H17N3OS. The van der Waals surface area contributed by atoms with Crippen LogP contribution < -0.4 is 5.32 Å². The molecular weight excluding hydrogens is 378 g/mol. The zero-order valence-electron chi connectivity index (χ0n) is 15.7. The lowest BCUT2D eigenvalue weighted by molar-refractivity contribution is 0.102. The SMILES string of the molecule is Cc1cc(C(=O)Nc2ccccc2-c2nc3ccccc3s2)c2ccccc2n1. The Bertz CT molecular complexity index is 1340. The van der Waals surface area contributed by atoms with Crippen LogP contribution in [0.15, 0.2) is 78.9 Å². The second-order valence-electron chi connectivity index (χ2n) is 6.81. The lowest BCUT2D eigenvalue weighted by Gasteiger charge is -2.11. The first-order chi connectivity index (χ1) is 14.2. The Morgan fingerprint density at radius 1 is 0.862 bits per heavy atom. The third-order valence-corrected chi connectivity index (χ3v) is 5.86. The van der Waals surface area contributed by atoms with Gasteiger partial charge in [0.05, 0.1) is 27.0 Å². The van der Waals surface area contributed by atoms with Gasteiger partial charge in [-0.25, -0.2) is 4.98 Å². The standard InChI is InChI=1S/C24H17N3OS/c1-15-14-18(16-8-2-4-10-19(16)25-15)23(28)26-20-11-5-3-9-17(20)24-27-21-12-6-7-13-22(21)29-24/h2-14H,1H3,(H,26,28). The number of hydrogen-bond donors (Lipinski definition) is 1. The van der Waals surface area contributed by atoms with Crippen LogP contribution in [0.1, 0.15) is 16.1 Å². The highest BCUT2D eigenvalue weighted by Gasteiger charge is 2.16. The number of nitrogens with one attached hydrogen (secondary N) is 1. The Labute approximate surface area is 171 Å². The molecule has 0 unspecified atom stereocenters. The van der Waals surface area contributed by atoms with Crippen LogP contribution in [0.25, 0.3) is 31.7 Å². The van der Waals surface area contributed by atoms with Crippen molar-refractivity contribution in [1.29, 1.82) is 0 Å². The number of carbonyl (C=O) groups excluding carboxylic acids is 1. The number of aryl methyl sites for hydroxylation is 1. The number of fused-ring (bicyclic) bond motifs is 2. The van der Waals surface area contributed by atoms with Gasteiger partial charge < -0.3 is 5.32 Å². The minimum Gasteiger partial charge on any atom is -0.321 e. The van der Waals surface area contributed by atoms with E-state index in [1.165, 1.54) is 0 Å². The van der Waals surface area contributed by atoms with Gasteiger partial charge in [-0.1, -0.05) is 42.5 Å². The predicted molar refractivity (Wildman–Crippen MR) is 119 cm³/mol. The molecule has 0 aliphatic heterocycles. The lowest BCUT2D eigenvalue weighted by Crippen LogP contribution is -2.13. The van der Waals surface area contributed by atoms with E-state index in [0.717, 1.165) is 43.1 Å². The zero-order chi connectivity index (χ0) is 19.8. The number of benzene rings is 3. The molecule has 0 aliphatic carbocycles. The minimum absolute atomic E-state index is 0.153. The minimum atomic E-state index is -0.153. The third-order valence-electron chi connectivity index (χ3n) is 4.79. The summed E-state index contributed by atoms with van der Waals surface area (Å²) in [7, 11) is 0. The normalized spacial score (nSPS) is 11.1. The molecule has 5 rings (SSSR count). The molecule has 29 heavy (non-hydrogen) atoms. The average molecular weight is 395 g/mol. The second-order valence-corrected chi connectivity index (χ2v) is 7.85. The van der Waals surface area contributed by atoms with Gasteiger partial charge in [-0.3, -0.25) is 9.78 Å². The molecule has 0 radical (unpaired) electrons. The van der Waals surface area contributed by atoms with Crippen LogP contribution >= 0.6 is 11.3 Å². The first-order valence-corrected chi connectivity index (χ1v) is 10.1. The monoisotopic (exact) mass is 395 g/mol. The maximum absolute atomic E-state index is 13.2. The fourth-order valence-corrected chi connectivity index (χ4v) is 4.46. The van der Waals surface area contributed by atoms with Crippen molar-refractivity contribution < 1.29 is 4.79 Å². The summed E-state index contributed by atoms with van der Waals surface area (Å²) in [6.07, 6.45) is 0. The highest BCUT2D eigenvalue weighted by Crippen LogP contribution is 2.34. The van der Waals surface area contributed by atoms with E-state index in [1.807, 2.05) is 79.7 Å². The number of amides is 1. The predicted octanol–water partition coefficient (Wildman–Crippen LogP) is 6.07. The molecule has 2 heterocycles. The summed E-state index contributed by atoms with van der Waals surface area (Å²) in [6, 6.07) is 25.4. The Morgan fingerprint density at radius 2 is 1.59 bits per heavy atom. The summed E-state index contributed by atoms with van der Waals surface area (Å²) in [6.45, 7) is 1.90. The molecule has 0 spiro atoms. The smallest absolute Gasteiger partial charge is 0.256 e. The molecule has 0 fully saturated rings. The van der Waals surface area contributed by atoms with E-state index in [9.17, 15) is 4.79 Å².